The van der Waals surface area contributed by atoms with E-state index in [9.17, 15) is 14.7 Å². The molecule has 0 unspecified atom stereocenters. The van der Waals surface area contributed by atoms with Crippen LogP contribution in [0.15, 0.2) is 79.0 Å². The minimum Gasteiger partial charge on any atom is -0.494 e. The summed E-state index contributed by atoms with van der Waals surface area (Å²) in [5.74, 6) is -0.640. The third-order valence-electron chi connectivity index (χ3n) is 6.90. The Kier molecular flexibility index (Phi) is 7.51. The lowest BCUT2D eigenvalue weighted by molar-refractivity contribution is 0.0697. The van der Waals surface area contributed by atoms with Gasteiger partial charge in [-0.2, -0.15) is 0 Å². The van der Waals surface area contributed by atoms with Crippen LogP contribution in [0.3, 0.4) is 0 Å². The third-order valence-corrected chi connectivity index (χ3v) is 6.90. The van der Waals surface area contributed by atoms with Gasteiger partial charge in [-0.15, -0.1) is 0 Å². The van der Waals surface area contributed by atoms with Crippen molar-refractivity contribution in [3.8, 4) is 5.75 Å². The Hall–Kier alpha value is -4.43. The maximum absolute atomic E-state index is 12.9. The molecule has 194 valence electrons. The van der Waals surface area contributed by atoms with Gasteiger partial charge in [-0.25, -0.2) is 4.79 Å². The van der Waals surface area contributed by atoms with Crippen molar-refractivity contribution in [1.29, 1.82) is 0 Å². The zero-order valence-corrected chi connectivity index (χ0v) is 21.2. The van der Waals surface area contributed by atoms with E-state index >= 15 is 0 Å². The number of aromatic carboxylic acids is 1. The van der Waals surface area contributed by atoms with Crippen LogP contribution >= 0.6 is 0 Å². The van der Waals surface area contributed by atoms with Crippen LogP contribution in [0.1, 0.15) is 39.1 Å². The standard InChI is InChI=1S/C30H30N4O4/c1-38-26-9-5-8-24-27(25(30(36)37)18-31-28(24)26)32-22-12-10-21(11-13-22)29(35)33-23-14-16-34(17-15-23)19-20-6-3-2-4-7-20/h2-13,18,23H,14-17,19H2,1H3,(H,31,32)(H,33,35)(H,36,37). The fourth-order valence-corrected chi connectivity index (χ4v) is 4.85. The number of methoxy groups -OCH3 is 1. The summed E-state index contributed by atoms with van der Waals surface area (Å²) in [5, 5.41) is 16.7. The minimum atomic E-state index is -1.09. The van der Waals surface area contributed by atoms with E-state index in [1.54, 1.807) is 49.6 Å². The Morgan fingerprint density at radius 3 is 2.42 bits per heavy atom. The number of anilines is 2. The summed E-state index contributed by atoms with van der Waals surface area (Å²) >= 11 is 0. The first-order chi connectivity index (χ1) is 18.5. The second kappa shape index (κ2) is 11.3. The number of carboxylic acid groups (broad SMARTS) is 1. The van der Waals surface area contributed by atoms with Gasteiger partial charge in [-0.1, -0.05) is 42.5 Å². The zero-order valence-electron chi connectivity index (χ0n) is 21.2. The molecule has 38 heavy (non-hydrogen) atoms. The number of carbonyl (C=O) groups is 2. The fourth-order valence-electron chi connectivity index (χ4n) is 4.85. The van der Waals surface area contributed by atoms with Crippen LogP contribution < -0.4 is 15.4 Å². The number of fused-ring (bicyclic) bond motifs is 1. The number of para-hydroxylation sites is 1. The molecule has 1 aliphatic heterocycles. The molecule has 2 heterocycles. The molecule has 8 heteroatoms. The molecular weight excluding hydrogens is 480 g/mol. The highest BCUT2D eigenvalue weighted by Crippen LogP contribution is 2.33. The molecule has 3 N–H and O–H groups in total. The molecule has 0 saturated carbocycles. The maximum atomic E-state index is 12.9. The number of rotatable bonds is 8. The topological polar surface area (TPSA) is 104 Å². The average Bonchev–Trinajstić information content (AvgIpc) is 2.94. The van der Waals surface area contributed by atoms with Gasteiger partial charge in [0.2, 0.25) is 0 Å². The monoisotopic (exact) mass is 510 g/mol. The van der Waals surface area contributed by atoms with Gasteiger partial charge in [0, 0.05) is 48.5 Å². The van der Waals surface area contributed by atoms with E-state index in [0.29, 0.717) is 33.6 Å². The molecule has 5 rings (SSSR count). The highest BCUT2D eigenvalue weighted by atomic mass is 16.5. The Morgan fingerprint density at radius 2 is 1.74 bits per heavy atom. The number of carbonyl (C=O) groups excluding carboxylic acids is 1. The van der Waals surface area contributed by atoms with Crippen LogP contribution in [0.25, 0.3) is 10.9 Å². The summed E-state index contributed by atoms with van der Waals surface area (Å²) in [6.45, 7) is 2.82. The SMILES string of the molecule is COc1cccc2c(Nc3ccc(C(=O)NC4CCN(Cc5ccccc5)CC4)cc3)c(C(=O)O)cnc12. The Bertz CT molecular complexity index is 1430. The molecule has 1 aliphatic rings. The summed E-state index contributed by atoms with van der Waals surface area (Å²) in [7, 11) is 1.55. The van der Waals surface area contributed by atoms with Gasteiger partial charge in [-0.3, -0.25) is 14.7 Å². The van der Waals surface area contributed by atoms with Crippen molar-refractivity contribution in [3.05, 3.63) is 95.7 Å². The molecule has 1 aromatic heterocycles. The number of hydrogen-bond acceptors (Lipinski definition) is 6. The highest BCUT2D eigenvalue weighted by molar-refractivity contribution is 6.06. The molecule has 0 spiro atoms. The maximum Gasteiger partial charge on any atom is 0.339 e. The minimum absolute atomic E-state index is 0.0474. The van der Waals surface area contributed by atoms with Gasteiger partial charge >= 0.3 is 5.97 Å². The number of benzene rings is 3. The molecule has 0 aliphatic carbocycles. The Balaban J connectivity index is 1.23. The van der Waals surface area contributed by atoms with Crippen molar-refractivity contribution in [1.82, 2.24) is 15.2 Å². The average molecular weight is 511 g/mol. The molecule has 0 radical (unpaired) electrons. The van der Waals surface area contributed by atoms with Crippen molar-refractivity contribution in [3.63, 3.8) is 0 Å². The number of piperidine rings is 1. The second-order valence-electron chi connectivity index (χ2n) is 9.42. The number of pyridine rings is 1. The van der Waals surface area contributed by atoms with Crippen LogP contribution in [0.2, 0.25) is 0 Å². The zero-order chi connectivity index (χ0) is 26.5. The van der Waals surface area contributed by atoms with Crippen molar-refractivity contribution in [2.75, 3.05) is 25.5 Å². The molecule has 0 atom stereocenters. The predicted molar refractivity (Wildman–Crippen MR) is 147 cm³/mol. The van der Waals surface area contributed by atoms with E-state index < -0.39 is 5.97 Å². The quantitative estimate of drug-likeness (QED) is 0.304. The number of hydrogen-bond donors (Lipinski definition) is 3. The Morgan fingerprint density at radius 1 is 1.00 bits per heavy atom. The third kappa shape index (κ3) is 5.60. The number of aromatic nitrogens is 1. The molecule has 3 aromatic carbocycles. The summed E-state index contributed by atoms with van der Waals surface area (Å²) in [6, 6.07) is 23.0. The molecule has 8 nitrogen and oxygen atoms in total. The van der Waals surface area contributed by atoms with Crippen LogP contribution in [-0.2, 0) is 6.54 Å². The van der Waals surface area contributed by atoms with Crippen LogP contribution in [0, 0.1) is 0 Å². The number of amides is 1. The van der Waals surface area contributed by atoms with E-state index in [1.807, 2.05) is 6.07 Å². The summed E-state index contributed by atoms with van der Waals surface area (Å²) in [6.07, 6.45) is 3.14. The molecule has 1 fully saturated rings. The Labute approximate surface area is 221 Å². The van der Waals surface area contributed by atoms with E-state index in [0.717, 1.165) is 32.5 Å². The van der Waals surface area contributed by atoms with Gasteiger partial charge in [0.05, 0.1) is 12.8 Å². The van der Waals surface area contributed by atoms with Gasteiger partial charge in [0.15, 0.2) is 0 Å². The first kappa shape index (κ1) is 25.2. The van der Waals surface area contributed by atoms with Crippen molar-refractivity contribution in [2.45, 2.75) is 25.4 Å². The van der Waals surface area contributed by atoms with Gasteiger partial charge in [0.1, 0.15) is 16.8 Å². The number of carboxylic acids is 1. The van der Waals surface area contributed by atoms with Gasteiger partial charge in [0.25, 0.3) is 5.91 Å². The first-order valence-electron chi connectivity index (χ1n) is 12.6. The molecule has 0 bridgehead atoms. The number of ether oxygens (including phenoxy) is 1. The predicted octanol–water partition coefficient (Wildman–Crippen LogP) is 5.08. The highest BCUT2D eigenvalue weighted by Gasteiger charge is 2.22. The second-order valence-corrected chi connectivity index (χ2v) is 9.42. The van der Waals surface area contributed by atoms with Gasteiger partial charge in [-0.05, 0) is 48.7 Å². The summed E-state index contributed by atoms with van der Waals surface area (Å²) in [5.41, 5.74) is 3.55. The molecule has 4 aromatic rings. The number of nitrogens with one attached hydrogen (secondary N) is 2. The number of likely N-dealkylation sites (tertiary alicyclic amines) is 1. The lowest BCUT2D eigenvalue weighted by Gasteiger charge is -2.32. The van der Waals surface area contributed by atoms with E-state index in [-0.39, 0.29) is 17.5 Å². The van der Waals surface area contributed by atoms with Crippen molar-refractivity contribution < 1.29 is 19.4 Å². The van der Waals surface area contributed by atoms with E-state index in [1.165, 1.54) is 11.8 Å². The number of nitrogens with zero attached hydrogens (tertiary/aromatic N) is 2. The van der Waals surface area contributed by atoms with Crippen molar-refractivity contribution in [2.24, 2.45) is 0 Å². The van der Waals surface area contributed by atoms with Crippen LogP contribution in [0.4, 0.5) is 11.4 Å². The smallest absolute Gasteiger partial charge is 0.339 e. The fraction of sp³-hybridized carbons (Fsp3) is 0.233. The van der Waals surface area contributed by atoms with E-state index in [4.69, 9.17) is 4.74 Å². The summed E-state index contributed by atoms with van der Waals surface area (Å²) < 4.78 is 5.39. The lowest BCUT2D eigenvalue weighted by Crippen LogP contribution is -2.44. The van der Waals surface area contributed by atoms with Gasteiger partial charge < -0.3 is 20.5 Å². The van der Waals surface area contributed by atoms with Crippen LogP contribution in [-0.4, -0.2) is 53.1 Å². The molecule has 1 saturated heterocycles. The van der Waals surface area contributed by atoms with E-state index in [2.05, 4.69) is 44.8 Å². The van der Waals surface area contributed by atoms with Crippen LogP contribution in [0.5, 0.6) is 5.75 Å². The lowest BCUT2D eigenvalue weighted by atomic mass is 10.0. The normalized spacial score (nSPS) is 14.2. The molecular formula is C30H30N4O4. The largest absolute Gasteiger partial charge is 0.494 e. The molecule has 1 amide bonds. The van der Waals surface area contributed by atoms with Crippen molar-refractivity contribution >= 4 is 34.2 Å². The summed E-state index contributed by atoms with van der Waals surface area (Å²) in [4.78, 5) is 31.5. The first-order valence-corrected chi connectivity index (χ1v) is 12.6.